The molecule has 1 nitrogen and oxygen atoms in total. The van der Waals surface area contributed by atoms with Crippen molar-refractivity contribution in [3.63, 3.8) is 0 Å². The van der Waals surface area contributed by atoms with Gasteiger partial charge in [-0.25, -0.2) is 0 Å². The molecule has 2 rings (SSSR count). The standard InChI is InChI=1S/C12H12BrNS/c1-7-3-4-9(6-11(7)14)12-10(13)5-8(2)15-12/h3-6H,14H2,1-2H3. The number of nitrogens with two attached hydrogens (primary N) is 1. The van der Waals surface area contributed by atoms with Gasteiger partial charge in [0.05, 0.1) is 0 Å². The van der Waals surface area contributed by atoms with Crippen molar-refractivity contribution in [3.05, 3.63) is 39.2 Å². The van der Waals surface area contributed by atoms with Gasteiger partial charge in [0.25, 0.3) is 0 Å². The van der Waals surface area contributed by atoms with Crippen LogP contribution in [0.5, 0.6) is 0 Å². The van der Waals surface area contributed by atoms with E-state index in [9.17, 15) is 0 Å². The molecule has 0 spiro atoms. The van der Waals surface area contributed by atoms with Crippen LogP contribution in [0.25, 0.3) is 10.4 Å². The molecule has 0 radical (unpaired) electrons. The number of hydrogen-bond acceptors (Lipinski definition) is 2. The van der Waals surface area contributed by atoms with Gasteiger partial charge in [-0.1, -0.05) is 12.1 Å². The number of aryl methyl sites for hydroxylation is 2. The van der Waals surface area contributed by atoms with E-state index in [1.807, 2.05) is 13.0 Å². The largest absolute Gasteiger partial charge is 0.398 e. The van der Waals surface area contributed by atoms with Crippen LogP contribution < -0.4 is 5.73 Å². The van der Waals surface area contributed by atoms with Crippen molar-refractivity contribution in [2.45, 2.75) is 13.8 Å². The quantitative estimate of drug-likeness (QED) is 0.772. The van der Waals surface area contributed by atoms with Gasteiger partial charge in [-0.15, -0.1) is 11.3 Å². The Morgan fingerprint density at radius 2 is 1.93 bits per heavy atom. The van der Waals surface area contributed by atoms with Gasteiger partial charge in [0.2, 0.25) is 0 Å². The number of thiophene rings is 1. The average molecular weight is 282 g/mol. The van der Waals surface area contributed by atoms with Crippen LogP contribution in [-0.2, 0) is 0 Å². The minimum Gasteiger partial charge on any atom is -0.398 e. The molecule has 0 saturated carbocycles. The Balaban J connectivity index is 2.54. The van der Waals surface area contributed by atoms with Crippen LogP contribution in [0, 0.1) is 13.8 Å². The fourth-order valence-electron chi connectivity index (χ4n) is 1.46. The van der Waals surface area contributed by atoms with Gasteiger partial charge in [0.15, 0.2) is 0 Å². The molecule has 0 aliphatic heterocycles. The van der Waals surface area contributed by atoms with Crippen molar-refractivity contribution in [1.29, 1.82) is 0 Å². The molecular weight excluding hydrogens is 270 g/mol. The monoisotopic (exact) mass is 281 g/mol. The summed E-state index contributed by atoms with van der Waals surface area (Å²) in [6, 6.07) is 8.34. The highest BCUT2D eigenvalue weighted by atomic mass is 79.9. The predicted molar refractivity (Wildman–Crippen MR) is 71.3 cm³/mol. The molecule has 15 heavy (non-hydrogen) atoms. The molecule has 1 aromatic heterocycles. The molecule has 2 aromatic rings. The van der Waals surface area contributed by atoms with E-state index in [0.29, 0.717) is 0 Å². The third-order valence-electron chi connectivity index (χ3n) is 2.35. The number of nitrogen functional groups attached to an aromatic ring is 1. The molecule has 78 valence electrons. The van der Waals surface area contributed by atoms with Crippen molar-refractivity contribution >= 4 is 33.0 Å². The highest BCUT2D eigenvalue weighted by Crippen LogP contribution is 2.37. The molecular formula is C12H12BrNS. The van der Waals surface area contributed by atoms with E-state index in [4.69, 9.17) is 5.73 Å². The second-order valence-corrected chi connectivity index (χ2v) is 5.72. The predicted octanol–water partition coefficient (Wildman–Crippen LogP) is 4.38. The highest BCUT2D eigenvalue weighted by molar-refractivity contribution is 9.10. The number of anilines is 1. The summed E-state index contributed by atoms with van der Waals surface area (Å²) in [6.45, 7) is 4.13. The first-order valence-corrected chi connectivity index (χ1v) is 6.31. The SMILES string of the molecule is Cc1cc(Br)c(-c2ccc(C)c(N)c2)s1. The summed E-state index contributed by atoms with van der Waals surface area (Å²) < 4.78 is 1.15. The van der Waals surface area contributed by atoms with Crippen LogP contribution >= 0.6 is 27.3 Å². The van der Waals surface area contributed by atoms with Crippen LogP contribution in [0.15, 0.2) is 28.7 Å². The lowest BCUT2D eigenvalue weighted by molar-refractivity contribution is 1.47. The first-order valence-electron chi connectivity index (χ1n) is 4.70. The maximum Gasteiger partial charge on any atom is 0.0488 e. The maximum atomic E-state index is 5.90. The fourth-order valence-corrected chi connectivity index (χ4v) is 3.33. The zero-order chi connectivity index (χ0) is 11.0. The van der Waals surface area contributed by atoms with Crippen molar-refractivity contribution in [1.82, 2.24) is 0 Å². The second kappa shape index (κ2) is 3.99. The van der Waals surface area contributed by atoms with Gasteiger partial charge >= 0.3 is 0 Å². The topological polar surface area (TPSA) is 26.0 Å². The van der Waals surface area contributed by atoms with Crippen molar-refractivity contribution in [3.8, 4) is 10.4 Å². The lowest BCUT2D eigenvalue weighted by atomic mass is 10.1. The fraction of sp³-hybridized carbons (Fsp3) is 0.167. The van der Waals surface area contributed by atoms with Crippen LogP contribution in [0.2, 0.25) is 0 Å². The molecule has 0 bridgehead atoms. The Morgan fingerprint density at radius 3 is 2.47 bits per heavy atom. The summed E-state index contributed by atoms with van der Waals surface area (Å²) in [5.41, 5.74) is 9.07. The number of halogens is 1. The molecule has 0 aliphatic rings. The Morgan fingerprint density at radius 1 is 1.20 bits per heavy atom. The van der Waals surface area contributed by atoms with Gasteiger partial charge in [0.1, 0.15) is 0 Å². The average Bonchev–Trinajstić information content (AvgIpc) is 2.50. The third kappa shape index (κ3) is 2.08. The number of hydrogen-bond donors (Lipinski definition) is 1. The lowest BCUT2D eigenvalue weighted by Crippen LogP contribution is -1.89. The Hall–Kier alpha value is -0.800. The van der Waals surface area contributed by atoms with E-state index >= 15 is 0 Å². The van der Waals surface area contributed by atoms with E-state index in [1.165, 1.54) is 15.3 Å². The summed E-state index contributed by atoms with van der Waals surface area (Å²) >= 11 is 5.35. The zero-order valence-corrected chi connectivity index (χ0v) is 11.1. The molecule has 0 fully saturated rings. The Bertz CT molecular complexity index is 502. The summed E-state index contributed by atoms with van der Waals surface area (Å²) in [4.78, 5) is 2.55. The molecule has 0 atom stereocenters. The molecule has 2 N–H and O–H groups in total. The molecule has 0 unspecified atom stereocenters. The lowest BCUT2D eigenvalue weighted by Gasteiger charge is -2.03. The third-order valence-corrected chi connectivity index (χ3v) is 4.34. The van der Waals surface area contributed by atoms with E-state index in [1.54, 1.807) is 11.3 Å². The minimum atomic E-state index is 0.852. The van der Waals surface area contributed by atoms with Crippen molar-refractivity contribution in [2.24, 2.45) is 0 Å². The second-order valence-electron chi connectivity index (χ2n) is 3.61. The van der Waals surface area contributed by atoms with Gasteiger partial charge in [-0.05, 0) is 53.0 Å². The Kier molecular flexibility index (Phi) is 2.85. The molecule has 0 amide bonds. The zero-order valence-electron chi connectivity index (χ0n) is 8.67. The molecule has 0 saturated heterocycles. The first-order chi connectivity index (χ1) is 7.08. The molecule has 0 aliphatic carbocycles. The smallest absolute Gasteiger partial charge is 0.0488 e. The summed E-state index contributed by atoms with van der Waals surface area (Å²) in [7, 11) is 0. The first kappa shape index (κ1) is 10.7. The van der Waals surface area contributed by atoms with Crippen LogP contribution in [0.3, 0.4) is 0 Å². The summed E-state index contributed by atoms with van der Waals surface area (Å²) in [5.74, 6) is 0. The van der Waals surface area contributed by atoms with Gasteiger partial charge in [0, 0.05) is 19.9 Å². The molecule has 1 heterocycles. The normalized spacial score (nSPS) is 10.6. The van der Waals surface area contributed by atoms with Crippen molar-refractivity contribution < 1.29 is 0 Å². The number of rotatable bonds is 1. The van der Waals surface area contributed by atoms with Gasteiger partial charge in [-0.3, -0.25) is 0 Å². The van der Waals surface area contributed by atoms with Gasteiger partial charge in [-0.2, -0.15) is 0 Å². The van der Waals surface area contributed by atoms with E-state index in [-0.39, 0.29) is 0 Å². The van der Waals surface area contributed by atoms with Crippen LogP contribution in [-0.4, -0.2) is 0 Å². The van der Waals surface area contributed by atoms with Crippen molar-refractivity contribution in [2.75, 3.05) is 5.73 Å². The molecule has 1 aromatic carbocycles. The van der Waals surface area contributed by atoms with E-state index in [2.05, 4.69) is 41.1 Å². The van der Waals surface area contributed by atoms with E-state index in [0.717, 1.165) is 15.7 Å². The maximum absolute atomic E-state index is 5.90. The molecule has 3 heteroatoms. The minimum absolute atomic E-state index is 0.852. The van der Waals surface area contributed by atoms with Gasteiger partial charge < -0.3 is 5.73 Å². The summed E-state index contributed by atoms with van der Waals surface area (Å²) in [5, 5.41) is 0. The van der Waals surface area contributed by atoms with Crippen LogP contribution in [0.4, 0.5) is 5.69 Å². The number of benzene rings is 1. The van der Waals surface area contributed by atoms with Crippen LogP contribution in [0.1, 0.15) is 10.4 Å². The Labute approximate surface area is 102 Å². The highest BCUT2D eigenvalue weighted by Gasteiger charge is 2.07. The summed E-state index contributed by atoms with van der Waals surface area (Å²) in [6.07, 6.45) is 0. The van der Waals surface area contributed by atoms with E-state index < -0.39 is 0 Å².